The second kappa shape index (κ2) is 6.00. The highest BCUT2D eigenvalue weighted by Crippen LogP contribution is 2.48. The number of piperidine rings is 1. The van der Waals surface area contributed by atoms with Crippen molar-refractivity contribution in [2.75, 3.05) is 24.5 Å². The van der Waals surface area contributed by atoms with E-state index in [2.05, 4.69) is 40.5 Å². The minimum Gasteiger partial charge on any atom is -0.371 e. The number of benzene rings is 1. The van der Waals surface area contributed by atoms with Crippen LogP contribution in [0.3, 0.4) is 0 Å². The van der Waals surface area contributed by atoms with Crippen LogP contribution in [-0.4, -0.2) is 25.7 Å². The summed E-state index contributed by atoms with van der Waals surface area (Å²) in [6.07, 6.45) is 8.64. The monoisotopic (exact) mass is 284 g/mol. The first-order valence-corrected chi connectivity index (χ1v) is 8.93. The average molecular weight is 284 g/mol. The molecule has 0 aromatic heterocycles. The van der Waals surface area contributed by atoms with E-state index < -0.39 is 0 Å². The van der Waals surface area contributed by atoms with Crippen LogP contribution < -0.4 is 10.2 Å². The van der Waals surface area contributed by atoms with Crippen molar-refractivity contribution < 1.29 is 0 Å². The summed E-state index contributed by atoms with van der Waals surface area (Å²) < 4.78 is 0. The van der Waals surface area contributed by atoms with Crippen LogP contribution in [0.15, 0.2) is 30.3 Å². The van der Waals surface area contributed by atoms with Gasteiger partial charge in [0.15, 0.2) is 0 Å². The summed E-state index contributed by atoms with van der Waals surface area (Å²) in [5.74, 6) is 3.17. The van der Waals surface area contributed by atoms with Crippen molar-refractivity contribution in [1.82, 2.24) is 5.32 Å². The summed E-state index contributed by atoms with van der Waals surface area (Å²) >= 11 is 0. The molecule has 1 heterocycles. The minimum absolute atomic E-state index is 0.755. The van der Waals surface area contributed by atoms with Crippen molar-refractivity contribution in [3.05, 3.63) is 30.3 Å². The fourth-order valence-electron chi connectivity index (χ4n) is 4.05. The van der Waals surface area contributed by atoms with Gasteiger partial charge in [-0.2, -0.15) is 0 Å². The zero-order valence-corrected chi connectivity index (χ0v) is 13.0. The highest BCUT2D eigenvalue weighted by Gasteiger charge is 2.41. The number of nitrogens with zero attached hydrogens (tertiary/aromatic N) is 1. The van der Waals surface area contributed by atoms with Crippen LogP contribution in [-0.2, 0) is 0 Å². The van der Waals surface area contributed by atoms with Crippen LogP contribution in [0, 0.1) is 17.8 Å². The minimum atomic E-state index is 0.755. The van der Waals surface area contributed by atoms with Crippen molar-refractivity contribution in [3.8, 4) is 0 Å². The molecule has 114 valence electrons. The Morgan fingerprint density at radius 1 is 0.905 bits per heavy atom. The Kier molecular flexibility index (Phi) is 3.89. The maximum atomic E-state index is 3.91. The van der Waals surface area contributed by atoms with Crippen LogP contribution >= 0.6 is 0 Å². The van der Waals surface area contributed by atoms with Crippen LogP contribution in [0.5, 0.6) is 0 Å². The first-order chi connectivity index (χ1) is 10.4. The van der Waals surface area contributed by atoms with E-state index in [0.29, 0.717) is 0 Å². The maximum Gasteiger partial charge on any atom is 0.0366 e. The van der Waals surface area contributed by atoms with Gasteiger partial charge in [-0.05, 0) is 75.0 Å². The number of para-hydroxylation sites is 1. The molecular formula is C19H28N2. The molecule has 1 aliphatic heterocycles. The lowest BCUT2D eigenvalue weighted by atomic mass is 9.96. The molecular weight excluding hydrogens is 256 g/mol. The fraction of sp³-hybridized carbons (Fsp3) is 0.684. The second-order valence-corrected chi connectivity index (χ2v) is 7.34. The highest BCUT2D eigenvalue weighted by molar-refractivity contribution is 5.46. The Hall–Kier alpha value is -1.02. The van der Waals surface area contributed by atoms with E-state index in [-0.39, 0.29) is 0 Å². The molecule has 0 unspecified atom stereocenters. The molecule has 1 aromatic rings. The normalized spacial score (nSPS) is 23.8. The van der Waals surface area contributed by atoms with E-state index in [1.54, 1.807) is 0 Å². The van der Waals surface area contributed by atoms with Gasteiger partial charge in [0.2, 0.25) is 0 Å². The van der Waals surface area contributed by atoms with Crippen molar-refractivity contribution in [2.24, 2.45) is 17.8 Å². The van der Waals surface area contributed by atoms with E-state index in [1.165, 1.54) is 63.8 Å². The lowest BCUT2D eigenvalue weighted by Gasteiger charge is -2.34. The number of hydrogen-bond donors (Lipinski definition) is 1. The van der Waals surface area contributed by atoms with Gasteiger partial charge < -0.3 is 10.2 Å². The molecule has 3 fully saturated rings. The van der Waals surface area contributed by atoms with Crippen LogP contribution in [0.1, 0.15) is 38.5 Å². The summed E-state index contributed by atoms with van der Waals surface area (Å²) in [4.78, 5) is 2.54. The standard InChI is InChI=1S/C19H28N2/c1-2-4-18(5-3-1)21-12-10-17(11-13-21)20-14-19(15-6-7-15)16-8-9-16/h1-5,15-17,19-20H,6-14H2. The zero-order chi connectivity index (χ0) is 14.1. The molecule has 2 nitrogen and oxygen atoms in total. The molecule has 1 N–H and O–H groups in total. The molecule has 0 radical (unpaired) electrons. The van der Waals surface area contributed by atoms with Crippen LogP contribution in [0.4, 0.5) is 5.69 Å². The van der Waals surface area contributed by atoms with Gasteiger partial charge in [-0.3, -0.25) is 0 Å². The SMILES string of the molecule is c1ccc(N2CCC(NCC(C3CC3)C3CC3)CC2)cc1. The lowest BCUT2D eigenvalue weighted by Crippen LogP contribution is -2.44. The molecule has 0 spiro atoms. The summed E-state index contributed by atoms with van der Waals surface area (Å²) in [6.45, 7) is 3.71. The third-order valence-corrected chi connectivity index (χ3v) is 5.71. The Morgan fingerprint density at radius 2 is 1.52 bits per heavy atom. The van der Waals surface area contributed by atoms with Crippen molar-refractivity contribution >= 4 is 5.69 Å². The summed E-state index contributed by atoms with van der Waals surface area (Å²) in [5.41, 5.74) is 1.39. The molecule has 2 heteroatoms. The van der Waals surface area contributed by atoms with E-state index in [4.69, 9.17) is 0 Å². The molecule has 2 aliphatic carbocycles. The van der Waals surface area contributed by atoms with Crippen molar-refractivity contribution in [3.63, 3.8) is 0 Å². The number of hydrogen-bond acceptors (Lipinski definition) is 2. The molecule has 1 saturated heterocycles. The van der Waals surface area contributed by atoms with Gasteiger partial charge in [-0.25, -0.2) is 0 Å². The number of nitrogens with one attached hydrogen (secondary N) is 1. The van der Waals surface area contributed by atoms with Gasteiger partial charge in [0, 0.05) is 24.8 Å². The van der Waals surface area contributed by atoms with Crippen LogP contribution in [0.2, 0.25) is 0 Å². The third-order valence-electron chi connectivity index (χ3n) is 5.71. The third kappa shape index (κ3) is 3.42. The van der Waals surface area contributed by atoms with Gasteiger partial charge in [-0.1, -0.05) is 18.2 Å². The van der Waals surface area contributed by atoms with E-state index in [1.807, 2.05) is 0 Å². The summed E-state index contributed by atoms with van der Waals surface area (Å²) in [7, 11) is 0. The van der Waals surface area contributed by atoms with Crippen molar-refractivity contribution in [2.45, 2.75) is 44.6 Å². The second-order valence-electron chi connectivity index (χ2n) is 7.34. The first kappa shape index (κ1) is 13.6. The van der Waals surface area contributed by atoms with Gasteiger partial charge in [0.05, 0.1) is 0 Å². The molecule has 0 bridgehead atoms. The quantitative estimate of drug-likeness (QED) is 0.857. The average Bonchev–Trinajstić information content (AvgIpc) is 3.43. The van der Waals surface area contributed by atoms with Gasteiger partial charge in [-0.15, -0.1) is 0 Å². The van der Waals surface area contributed by atoms with Crippen LogP contribution in [0.25, 0.3) is 0 Å². The summed E-state index contributed by atoms with van der Waals surface area (Å²) in [5, 5.41) is 3.91. The number of rotatable bonds is 6. The largest absolute Gasteiger partial charge is 0.371 e. The molecule has 2 saturated carbocycles. The maximum absolute atomic E-state index is 3.91. The molecule has 3 aliphatic rings. The highest BCUT2D eigenvalue weighted by atomic mass is 15.1. The van der Waals surface area contributed by atoms with E-state index >= 15 is 0 Å². The van der Waals surface area contributed by atoms with Gasteiger partial charge in [0.1, 0.15) is 0 Å². The molecule has 1 aromatic carbocycles. The first-order valence-electron chi connectivity index (χ1n) is 8.93. The van der Waals surface area contributed by atoms with Crippen molar-refractivity contribution in [1.29, 1.82) is 0 Å². The van der Waals surface area contributed by atoms with E-state index in [9.17, 15) is 0 Å². The molecule has 0 atom stereocenters. The predicted octanol–water partition coefficient (Wildman–Crippen LogP) is 3.68. The Labute approximate surface area is 128 Å². The Balaban J connectivity index is 1.24. The topological polar surface area (TPSA) is 15.3 Å². The Bertz CT molecular complexity index is 430. The van der Waals surface area contributed by atoms with E-state index in [0.717, 1.165) is 23.8 Å². The zero-order valence-electron chi connectivity index (χ0n) is 13.0. The molecule has 4 rings (SSSR count). The molecule has 21 heavy (non-hydrogen) atoms. The summed E-state index contributed by atoms with van der Waals surface area (Å²) in [6, 6.07) is 11.6. The fourth-order valence-corrected chi connectivity index (χ4v) is 4.05. The Morgan fingerprint density at radius 3 is 2.10 bits per heavy atom. The smallest absolute Gasteiger partial charge is 0.0366 e. The lowest BCUT2D eigenvalue weighted by molar-refractivity contribution is 0.330. The van der Waals surface area contributed by atoms with Gasteiger partial charge >= 0.3 is 0 Å². The van der Waals surface area contributed by atoms with Gasteiger partial charge in [0.25, 0.3) is 0 Å². The number of anilines is 1. The molecule has 0 amide bonds. The predicted molar refractivity (Wildman–Crippen MR) is 88.6 cm³/mol.